The molecule has 3 aromatic rings. The van der Waals surface area contributed by atoms with Gasteiger partial charge in [-0.05, 0) is 25.1 Å². The van der Waals surface area contributed by atoms with Crippen LogP contribution in [0.15, 0.2) is 54.6 Å². The largest absolute Gasteiger partial charge is 0.368 e. The second-order valence-corrected chi connectivity index (χ2v) is 6.15. The summed E-state index contributed by atoms with van der Waals surface area (Å²) in [5, 5.41) is 4.69. The molecular formula is C20H21N3. The Hall–Kier alpha value is -2.39. The van der Waals surface area contributed by atoms with E-state index in [4.69, 9.17) is 4.98 Å². The Balaban J connectivity index is 1.91. The molecule has 0 bridgehead atoms. The Morgan fingerprint density at radius 1 is 0.957 bits per heavy atom. The molecule has 2 aromatic carbocycles. The zero-order chi connectivity index (χ0) is 15.6. The second kappa shape index (κ2) is 6.01. The normalized spacial score (nSPS) is 15.1. The molecule has 1 aromatic heterocycles. The molecule has 1 fully saturated rings. The van der Waals surface area contributed by atoms with E-state index < -0.39 is 0 Å². The molecule has 1 saturated heterocycles. The monoisotopic (exact) mass is 303 g/mol. The fourth-order valence-corrected chi connectivity index (χ4v) is 3.25. The van der Waals surface area contributed by atoms with Gasteiger partial charge in [0.05, 0.1) is 11.2 Å². The van der Waals surface area contributed by atoms with E-state index in [0.29, 0.717) is 0 Å². The van der Waals surface area contributed by atoms with E-state index in [0.717, 1.165) is 37.4 Å². The molecule has 0 saturated carbocycles. The number of rotatable bonds is 2. The topological polar surface area (TPSA) is 28.2 Å². The lowest BCUT2D eigenvalue weighted by atomic mass is 10.0. The first-order valence-corrected chi connectivity index (χ1v) is 8.24. The van der Waals surface area contributed by atoms with Crippen LogP contribution >= 0.6 is 0 Å². The minimum atomic E-state index is 1.04. The highest BCUT2D eigenvalue weighted by Gasteiger charge is 2.16. The molecule has 2 heterocycles. The number of fused-ring (bicyclic) bond motifs is 1. The van der Waals surface area contributed by atoms with Gasteiger partial charge in [-0.1, -0.05) is 42.0 Å². The molecule has 0 atom stereocenters. The summed E-state index contributed by atoms with van der Waals surface area (Å²) in [7, 11) is 0. The molecule has 4 rings (SSSR count). The van der Waals surface area contributed by atoms with Gasteiger partial charge in [0.15, 0.2) is 0 Å². The number of anilines is 1. The maximum Gasteiger partial charge on any atom is 0.0730 e. The molecule has 1 aliphatic rings. The molecule has 3 nitrogen and oxygen atoms in total. The molecule has 0 unspecified atom stereocenters. The number of hydrogen-bond acceptors (Lipinski definition) is 3. The van der Waals surface area contributed by atoms with Crippen molar-refractivity contribution in [2.75, 3.05) is 31.1 Å². The number of aryl methyl sites for hydroxylation is 1. The predicted octanol–water partition coefficient (Wildman–Crippen LogP) is 3.62. The van der Waals surface area contributed by atoms with Gasteiger partial charge in [-0.25, -0.2) is 4.98 Å². The Kier molecular flexibility index (Phi) is 3.72. The summed E-state index contributed by atoms with van der Waals surface area (Å²) in [4.78, 5) is 7.38. The van der Waals surface area contributed by atoms with Crippen LogP contribution in [0.5, 0.6) is 0 Å². The number of benzene rings is 2. The van der Waals surface area contributed by atoms with Crippen molar-refractivity contribution in [3.05, 3.63) is 60.2 Å². The Morgan fingerprint density at radius 2 is 1.74 bits per heavy atom. The fourth-order valence-electron chi connectivity index (χ4n) is 3.25. The van der Waals surface area contributed by atoms with Crippen LogP contribution in [-0.2, 0) is 0 Å². The van der Waals surface area contributed by atoms with Gasteiger partial charge in [0.2, 0.25) is 0 Å². The quantitative estimate of drug-likeness (QED) is 0.784. The minimum absolute atomic E-state index is 1.04. The SMILES string of the molecule is Cc1ccc2nc(-c3ccccc3)cc(N3CCNCC3)c2c1. The third-order valence-electron chi connectivity index (χ3n) is 4.47. The zero-order valence-corrected chi connectivity index (χ0v) is 13.4. The summed E-state index contributed by atoms with van der Waals surface area (Å²) in [5.74, 6) is 0. The molecule has 0 radical (unpaired) electrons. The fraction of sp³-hybridized carbons (Fsp3) is 0.250. The predicted molar refractivity (Wildman–Crippen MR) is 97.0 cm³/mol. The van der Waals surface area contributed by atoms with Crippen LogP contribution < -0.4 is 10.2 Å². The van der Waals surface area contributed by atoms with Gasteiger partial charge in [-0.2, -0.15) is 0 Å². The van der Waals surface area contributed by atoms with E-state index in [9.17, 15) is 0 Å². The lowest BCUT2D eigenvalue weighted by Gasteiger charge is -2.30. The third-order valence-corrected chi connectivity index (χ3v) is 4.47. The molecule has 1 N–H and O–H groups in total. The number of pyridine rings is 1. The minimum Gasteiger partial charge on any atom is -0.368 e. The molecule has 0 amide bonds. The summed E-state index contributed by atoms with van der Waals surface area (Å²) in [6, 6.07) is 19.2. The molecule has 3 heteroatoms. The van der Waals surface area contributed by atoms with Crippen LogP contribution in [0.1, 0.15) is 5.56 Å². The van der Waals surface area contributed by atoms with Gasteiger partial charge >= 0.3 is 0 Å². The van der Waals surface area contributed by atoms with Gasteiger partial charge in [0.25, 0.3) is 0 Å². The van der Waals surface area contributed by atoms with E-state index >= 15 is 0 Å². The van der Waals surface area contributed by atoms with Crippen LogP contribution in [0.3, 0.4) is 0 Å². The lowest BCUT2D eigenvalue weighted by Crippen LogP contribution is -2.43. The van der Waals surface area contributed by atoms with E-state index in [1.54, 1.807) is 0 Å². The lowest BCUT2D eigenvalue weighted by molar-refractivity contribution is 0.590. The zero-order valence-electron chi connectivity index (χ0n) is 13.4. The molecule has 0 spiro atoms. The van der Waals surface area contributed by atoms with Gasteiger partial charge < -0.3 is 10.2 Å². The summed E-state index contributed by atoms with van der Waals surface area (Å²) < 4.78 is 0. The van der Waals surface area contributed by atoms with Crippen LogP contribution in [-0.4, -0.2) is 31.2 Å². The van der Waals surface area contributed by atoms with Crippen molar-refractivity contribution in [2.45, 2.75) is 6.92 Å². The first kappa shape index (κ1) is 14.2. The maximum absolute atomic E-state index is 4.90. The van der Waals surface area contributed by atoms with Crippen LogP contribution in [0, 0.1) is 6.92 Å². The second-order valence-electron chi connectivity index (χ2n) is 6.15. The number of nitrogens with one attached hydrogen (secondary N) is 1. The Bertz CT molecular complexity index is 821. The highest BCUT2D eigenvalue weighted by Crippen LogP contribution is 2.31. The van der Waals surface area contributed by atoms with Crippen molar-refractivity contribution in [3.8, 4) is 11.3 Å². The smallest absolute Gasteiger partial charge is 0.0730 e. The van der Waals surface area contributed by atoms with Crippen molar-refractivity contribution in [2.24, 2.45) is 0 Å². The molecule has 23 heavy (non-hydrogen) atoms. The first-order chi connectivity index (χ1) is 11.3. The molecule has 116 valence electrons. The summed E-state index contributed by atoms with van der Waals surface area (Å²) in [6.45, 7) is 6.31. The van der Waals surface area contributed by atoms with E-state index in [1.165, 1.54) is 22.2 Å². The van der Waals surface area contributed by atoms with Crippen molar-refractivity contribution in [3.63, 3.8) is 0 Å². The van der Waals surface area contributed by atoms with E-state index in [1.807, 2.05) is 6.07 Å². The number of nitrogens with zero attached hydrogens (tertiary/aromatic N) is 2. The van der Waals surface area contributed by atoms with Crippen molar-refractivity contribution >= 4 is 16.6 Å². The van der Waals surface area contributed by atoms with Crippen molar-refractivity contribution < 1.29 is 0 Å². The Labute approximate surface area is 137 Å². The Morgan fingerprint density at radius 3 is 2.52 bits per heavy atom. The molecular weight excluding hydrogens is 282 g/mol. The van der Waals surface area contributed by atoms with Gasteiger partial charge in [-0.15, -0.1) is 0 Å². The van der Waals surface area contributed by atoms with Gasteiger partial charge in [0, 0.05) is 42.8 Å². The van der Waals surface area contributed by atoms with E-state index in [2.05, 4.69) is 65.7 Å². The van der Waals surface area contributed by atoms with Gasteiger partial charge in [0.1, 0.15) is 0 Å². The van der Waals surface area contributed by atoms with Gasteiger partial charge in [-0.3, -0.25) is 0 Å². The maximum atomic E-state index is 4.90. The number of hydrogen-bond donors (Lipinski definition) is 1. The summed E-state index contributed by atoms with van der Waals surface area (Å²) in [6.07, 6.45) is 0. The van der Waals surface area contributed by atoms with Crippen LogP contribution in [0.2, 0.25) is 0 Å². The molecule has 0 aliphatic carbocycles. The standard InChI is InChI=1S/C20H21N3/c1-15-7-8-18-17(13-15)20(23-11-9-21-10-12-23)14-19(22-18)16-5-3-2-4-6-16/h2-8,13-14,21H,9-12H2,1H3. The van der Waals surface area contributed by atoms with Crippen LogP contribution in [0.25, 0.3) is 22.2 Å². The van der Waals surface area contributed by atoms with Crippen LogP contribution in [0.4, 0.5) is 5.69 Å². The number of aromatic nitrogens is 1. The number of piperazine rings is 1. The third kappa shape index (κ3) is 2.80. The van der Waals surface area contributed by atoms with E-state index in [-0.39, 0.29) is 0 Å². The van der Waals surface area contributed by atoms with Crippen molar-refractivity contribution in [1.29, 1.82) is 0 Å². The first-order valence-electron chi connectivity index (χ1n) is 8.24. The summed E-state index contributed by atoms with van der Waals surface area (Å²) >= 11 is 0. The molecule has 1 aliphatic heterocycles. The highest BCUT2D eigenvalue weighted by molar-refractivity contribution is 5.94. The van der Waals surface area contributed by atoms with Crippen molar-refractivity contribution in [1.82, 2.24) is 10.3 Å². The average molecular weight is 303 g/mol. The highest BCUT2D eigenvalue weighted by atomic mass is 15.2. The summed E-state index contributed by atoms with van der Waals surface area (Å²) in [5.41, 5.74) is 5.88. The average Bonchev–Trinajstić information content (AvgIpc) is 2.62.